The molecule has 0 bridgehead atoms. The van der Waals surface area contributed by atoms with Crippen LogP contribution >= 0.6 is 11.6 Å². The zero-order valence-electron chi connectivity index (χ0n) is 11.8. The minimum absolute atomic E-state index is 0.0685. The molecular weight excluding hydrogens is 282 g/mol. The summed E-state index contributed by atoms with van der Waals surface area (Å²) in [5.41, 5.74) is 3.62. The Bertz CT molecular complexity index is 636. The summed E-state index contributed by atoms with van der Waals surface area (Å²) in [6.45, 7) is 0. The van der Waals surface area contributed by atoms with E-state index in [4.69, 9.17) is 11.6 Å². The predicted molar refractivity (Wildman–Crippen MR) is 85.4 cm³/mol. The van der Waals surface area contributed by atoms with Gasteiger partial charge in [-0.25, -0.2) is 0 Å². The highest BCUT2D eigenvalue weighted by Crippen LogP contribution is 2.29. The molecule has 0 spiro atoms. The Labute approximate surface area is 130 Å². The van der Waals surface area contributed by atoms with Crippen molar-refractivity contribution in [1.29, 1.82) is 0 Å². The van der Waals surface area contributed by atoms with Gasteiger partial charge in [-0.1, -0.05) is 48.0 Å². The quantitative estimate of drug-likeness (QED) is 0.909. The number of carbonyl (C=O) groups excluding carboxylic acids is 1. The van der Waals surface area contributed by atoms with Crippen molar-refractivity contribution >= 4 is 17.5 Å². The largest absolute Gasteiger partial charge is 0.349 e. The van der Waals surface area contributed by atoms with E-state index in [0.717, 1.165) is 24.8 Å². The van der Waals surface area contributed by atoms with Gasteiger partial charge >= 0.3 is 0 Å². The number of fused-ring (bicyclic) bond motifs is 1. The third-order valence-corrected chi connectivity index (χ3v) is 4.23. The van der Waals surface area contributed by atoms with Crippen LogP contribution in [0.4, 0.5) is 0 Å². The molecule has 2 nitrogen and oxygen atoms in total. The number of benzene rings is 2. The second kappa shape index (κ2) is 6.31. The van der Waals surface area contributed by atoms with E-state index in [0.29, 0.717) is 11.4 Å². The van der Waals surface area contributed by atoms with Crippen LogP contribution in [0.3, 0.4) is 0 Å². The summed E-state index contributed by atoms with van der Waals surface area (Å²) in [7, 11) is 0. The van der Waals surface area contributed by atoms with Crippen LogP contribution in [0.2, 0.25) is 5.02 Å². The van der Waals surface area contributed by atoms with E-state index in [1.807, 2.05) is 30.3 Å². The minimum atomic E-state index is 0.0685. The van der Waals surface area contributed by atoms with Crippen molar-refractivity contribution in [2.24, 2.45) is 0 Å². The molecule has 1 N–H and O–H groups in total. The summed E-state index contributed by atoms with van der Waals surface area (Å²) in [6, 6.07) is 16.0. The smallest absolute Gasteiger partial charge is 0.224 e. The third kappa shape index (κ3) is 3.45. The predicted octanol–water partition coefficient (Wildman–Crippen LogP) is 4.08. The van der Waals surface area contributed by atoms with Gasteiger partial charge in [0.05, 0.1) is 12.5 Å². The Balaban J connectivity index is 1.67. The molecule has 0 radical (unpaired) electrons. The van der Waals surface area contributed by atoms with Gasteiger partial charge in [0, 0.05) is 5.02 Å². The molecule has 21 heavy (non-hydrogen) atoms. The van der Waals surface area contributed by atoms with Gasteiger partial charge in [-0.3, -0.25) is 4.79 Å². The van der Waals surface area contributed by atoms with Crippen LogP contribution in [-0.2, 0) is 17.6 Å². The Hall–Kier alpha value is -1.80. The Morgan fingerprint density at radius 3 is 2.71 bits per heavy atom. The fraction of sp³-hybridized carbons (Fsp3) is 0.278. The number of carbonyl (C=O) groups is 1. The van der Waals surface area contributed by atoms with E-state index in [1.165, 1.54) is 11.1 Å². The molecule has 0 fully saturated rings. The first-order chi connectivity index (χ1) is 10.2. The van der Waals surface area contributed by atoms with Crippen molar-refractivity contribution < 1.29 is 4.79 Å². The lowest BCUT2D eigenvalue weighted by atomic mass is 9.87. The molecule has 3 heteroatoms. The number of halogens is 1. The molecule has 3 rings (SSSR count). The highest BCUT2D eigenvalue weighted by molar-refractivity contribution is 6.30. The molecule has 0 aliphatic heterocycles. The maximum atomic E-state index is 12.2. The molecule has 0 aromatic heterocycles. The molecule has 1 atom stereocenters. The number of hydrogen-bond donors (Lipinski definition) is 1. The number of rotatable bonds is 3. The Morgan fingerprint density at radius 1 is 1.14 bits per heavy atom. The lowest BCUT2D eigenvalue weighted by Gasteiger charge is -2.26. The first-order valence-corrected chi connectivity index (χ1v) is 7.72. The van der Waals surface area contributed by atoms with Gasteiger partial charge in [0.25, 0.3) is 0 Å². The van der Waals surface area contributed by atoms with Crippen LogP contribution in [0, 0.1) is 0 Å². The fourth-order valence-electron chi connectivity index (χ4n) is 2.94. The number of aryl methyl sites for hydroxylation is 1. The van der Waals surface area contributed by atoms with Gasteiger partial charge in [-0.2, -0.15) is 0 Å². The van der Waals surface area contributed by atoms with E-state index in [2.05, 4.69) is 23.5 Å². The van der Waals surface area contributed by atoms with Crippen molar-refractivity contribution in [3.8, 4) is 0 Å². The molecule has 1 aliphatic carbocycles. The van der Waals surface area contributed by atoms with E-state index in [9.17, 15) is 4.79 Å². The zero-order valence-corrected chi connectivity index (χ0v) is 12.6. The van der Waals surface area contributed by atoms with Gasteiger partial charge in [0.15, 0.2) is 0 Å². The van der Waals surface area contributed by atoms with Crippen molar-refractivity contribution in [1.82, 2.24) is 5.32 Å². The van der Waals surface area contributed by atoms with Gasteiger partial charge in [0.2, 0.25) is 5.91 Å². The van der Waals surface area contributed by atoms with Crippen molar-refractivity contribution in [2.45, 2.75) is 31.7 Å². The molecular formula is C18H18ClNO. The number of hydrogen-bond acceptors (Lipinski definition) is 1. The van der Waals surface area contributed by atoms with Crippen LogP contribution in [0.15, 0.2) is 48.5 Å². The van der Waals surface area contributed by atoms with E-state index in [-0.39, 0.29) is 11.9 Å². The summed E-state index contributed by atoms with van der Waals surface area (Å²) >= 11 is 5.86. The van der Waals surface area contributed by atoms with E-state index >= 15 is 0 Å². The molecule has 2 aromatic rings. The first kappa shape index (κ1) is 14.2. The van der Waals surface area contributed by atoms with Gasteiger partial charge < -0.3 is 5.32 Å². The second-order valence-electron chi connectivity index (χ2n) is 5.51. The average Bonchev–Trinajstić information content (AvgIpc) is 2.50. The molecule has 2 aromatic carbocycles. The van der Waals surface area contributed by atoms with Crippen LogP contribution < -0.4 is 5.32 Å². The van der Waals surface area contributed by atoms with Crippen LogP contribution in [-0.4, -0.2) is 5.91 Å². The maximum Gasteiger partial charge on any atom is 0.224 e. The third-order valence-electron chi connectivity index (χ3n) is 3.98. The molecule has 0 saturated heterocycles. The summed E-state index contributed by atoms with van der Waals surface area (Å²) in [6.07, 6.45) is 3.65. The molecule has 0 saturated carbocycles. The first-order valence-electron chi connectivity index (χ1n) is 7.34. The molecule has 1 aliphatic rings. The second-order valence-corrected chi connectivity index (χ2v) is 5.95. The van der Waals surface area contributed by atoms with Crippen molar-refractivity contribution in [3.63, 3.8) is 0 Å². The normalized spacial score (nSPS) is 17.1. The number of nitrogens with one attached hydrogen (secondary N) is 1. The summed E-state index contributed by atoms with van der Waals surface area (Å²) in [4.78, 5) is 12.2. The van der Waals surface area contributed by atoms with E-state index < -0.39 is 0 Å². The number of amides is 1. The summed E-state index contributed by atoms with van der Waals surface area (Å²) in [5, 5.41) is 3.86. The van der Waals surface area contributed by atoms with E-state index in [1.54, 1.807) is 0 Å². The maximum absolute atomic E-state index is 12.2. The standard InChI is InChI=1S/C18H18ClNO/c19-15-10-8-13(9-11-15)12-18(21)20-17-7-3-5-14-4-1-2-6-16(14)17/h1-2,4,6,8-11,17H,3,5,7,12H2,(H,20,21)/t17-/m1/s1. The lowest BCUT2D eigenvalue weighted by Crippen LogP contribution is -2.32. The summed E-state index contributed by atoms with van der Waals surface area (Å²) in [5.74, 6) is 0.0685. The Kier molecular flexibility index (Phi) is 4.26. The molecule has 1 amide bonds. The van der Waals surface area contributed by atoms with Crippen LogP contribution in [0.5, 0.6) is 0 Å². The van der Waals surface area contributed by atoms with Crippen molar-refractivity contribution in [2.75, 3.05) is 0 Å². The average molecular weight is 300 g/mol. The fourth-order valence-corrected chi connectivity index (χ4v) is 3.06. The molecule has 0 unspecified atom stereocenters. The van der Waals surface area contributed by atoms with Crippen LogP contribution in [0.1, 0.15) is 35.6 Å². The molecule has 0 heterocycles. The minimum Gasteiger partial charge on any atom is -0.349 e. The SMILES string of the molecule is O=C(Cc1ccc(Cl)cc1)N[C@@H]1CCCc2ccccc21. The summed E-state index contributed by atoms with van der Waals surface area (Å²) < 4.78 is 0. The molecule has 108 valence electrons. The topological polar surface area (TPSA) is 29.1 Å². The van der Waals surface area contributed by atoms with Crippen molar-refractivity contribution in [3.05, 3.63) is 70.2 Å². The highest BCUT2D eigenvalue weighted by Gasteiger charge is 2.21. The Morgan fingerprint density at radius 2 is 1.90 bits per heavy atom. The van der Waals surface area contributed by atoms with Gasteiger partial charge in [-0.05, 0) is 48.1 Å². The lowest BCUT2D eigenvalue weighted by molar-refractivity contribution is -0.121. The van der Waals surface area contributed by atoms with Crippen LogP contribution in [0.25, 0.3) is 0 Å². The highest BCUT2D eigenvalue weighted by atomic mass is 35.5. The van der Waals surface area contributed by atoms with Gasteiger partial charge in [-0.15, -0.1) is 0 Å². The van der Waals surface area contributed by atoms with Gasteiger partial charge in [0.1, 0.15) is 0 Å². The monoisotopic (exact) mass is 299 g/mol. The zero-order chi connectivity index (χ0) is 14.7.